The van der Waals surface area contributed by atoms with Crippen LogP contribution in [0.1, 0.15) is 53.7 Å². The summed E-state index contributed by atoms with van der Waals surface area (Å²) in [5, 5.41) is 4.58. The van der Waals surface area contributed by atoms with E-state index in [0.29, 0.717) is 34.6 Å². The minimum atomic E-state index is -0.648. The summed E-state index contributed by atoms with van der Waals surface area (Å²) in [6.07, 6.45) is 1.45. The first-order valence-corrected chi connectivity index (χ1v) is 12.4. The van der Waals surface area contributed by atoms with Gasteiger partial charge in [-0.25, -0.2) is 10.2 Å². The molecule has 0 aliphatic heterocycles. The Balaban J connectivity index is 1.62. The van der Waals surface area contributed by atoms with E-state index in [4.69, 9.17) is 37.4 Å². The summed E-state index contributed by atoms with van der Waals surface area (Å²) < 4.78 is 16.8. The van der Waals surface area contributed by atoms with Gasteiger partial charge in [0.1, 0.15) is 5.75 Å². The number of carbonyl (C=O) groups is 2. The minimum absolute atomic E-state index is 0.175. The van der Waals surface area contributed by atoms with Crippen molar-refractivity contribution in [3.05, 3.63) is 86.9 Å². The summed E-state index contributed by atoms with van der Waals surface area (Å²) >= 11 is 12.0. The van der Waals surface area contributed by atoms with Gasteiger partial charge in [-0.05, 0) is 78.9 Å². The van der Waals surface area contributed by atoms with Crippen molar-refractivity contribution >= 4 is 41.3 Å². The molecule has 0 saturated heterocycles. The van der Waals surface area contributed by atoms with Gasteiger partial charge >= 0.3 is 5.97 Å². The van der Waals surface area contributed by atoms with Gasteiger partial charge in [0.05, 0.1) is 23.4 Å². The first-order valence-electron chi connectivity index (χ1n) is 11.7. The lowest BCUT2D eigenvalue weighted by molar-refractivity contribution is -0.123. The van der Waals surface area contributed by atoms with E-state index in [1.54, 1.807) is 31.2 Å². The second-order valence-corrected chi connectivity index (χ2v) is 9.26. The first kappa shape index (κ1) is 28.0. The van der Waals surface area contributed by atoms with E-state index in [1.165, 1.54) is 18.3 Å². The molecule has 0 aromatic heterocycles. The van der Waals surface area contributed by atoms with Crippen LogP contribution < -0.4 is 19.6 Å². The minimum Gasteiger partial charge on any atom is -0.490 e. The molecule has 9 heteroatoms. The number of nitrogens with zero attached hydrogens (tertiary/aromatic N) is 1. The standard InChI is InChI=1S/C28H28Cl2N2O5/c1-5-35-26-12-19(7-11-24(26)37-28(34)22-10-9-21(29)14-23(22)30)15-31-32-27(33)16-36-25-13-20(17(2)3)8-6-18(25)4/h6-15,17H,5,16H2,1-4H3,(H,32,33)/b31-15+. The van der Waals surface area contributed by atoms with E-state index in [0.717, 1.165) is 11.1 Å². The van der Waals surface area contributed by atoms with E-state index >= 15 is 0 Å². The zero-order valence-electron chi connectivity index (χ0n) is 21.0. The summed E-state index contributed by atoms with van der Waals surface area (Å²) in [6.45, 7) is 8.10. The molecule has 0 radical (unpaired) electrons. The number of rotatable bonds is 10. The largest absolute Gasteiger partial charge is 0.490 e. The zero-order chi connectivity index (χ0) is 26.9. The van der Waals surface area contributed by atoms with Crippen LogP contribution in [0.3, 0.4) is 0 Å². The predicted octanol–water partition coefficient (Wildman–Crippen LogP) is 6.57. The number of esters is 1. The SMILES string of the molecule is CCOc1cc(/C=N/NC(=O)COc2cc(C(C)C)ccc2C)ccc1OC(=O)c1ccc(Cl)cc1Cl. The number of hydrogen-bond donors (Lipinski definition) is 1. The fourth-order valence-corrected chi connectivity index (χ4v) is 3.74. The quantitative estimate of drug-likeness (QED) is 0.135. The maximum atomic E-state index is 12.6. The number of halogens is 2. The maximum Gasteiger partial charge on any atom is 0.345 e. The molecule has 0 saturated carbocycles. The lowest BCUT2D eigenvalue weighted by Crippen LogP contribution is -2.24. The number of benzene rings is 3. The fraction of sp³-hybridized carbons (Fsp3) is 0.250. The molecule has 1 amide bonds. The molecule has 0 unspecified atom stereocenters. The van der Waals surface area contributed by atoms with E-state index < -0.39 is 11.9 Å². The molecule has 0 fully saturated rings. The number of hydrazone groups is 1. The van der Waals surface area contributed by atoms with Gasteiger partial charge in [-0.3, -0.25) is 4.79 Å². The Hall–Kier alpha value is -3.55. The Labute approximate surface area is 226 Å². The van der Waals surface area contributed by atoms with Gasteiger partial charge in [0.2, 0.25) is 0 Å². The average molecular weight is 543 g/mol. The molecule has 7 nitrogen and oxygen atoms in total. The van der Waals surface area contributed by atoms with Crippen LogP contribution in [0, 0.1) is 6.92 Å². The molecule has 194 valence electrons. The number of amides is 1. The highest BCUT2D eigenvalue weighted by Gasteiger charge is 2.16. The van der Waals surface area contributed by atoms with Crippen molar-refractivity contribution in [2.24, 2.45) is 5.10 Å². The topological polar surface area (TPSA) is 86.2 Å². The van der Waals surface area contributed by atoms with Crippen molar-refractivity contribution in [2.45, 2.75) is 33.6 Å². The molecule has 37 heavy (non-hydrogen) atoms. The van der Waals surface area contributed by atoms with E-state index in [9.17, 15) is 9.59 Å². The fourth-order valence-electron chi connectivity index (χ4n) is 3.25. The Morgan fingerprint density at radius 1 is 0.973 bits per heavy atom. The molecule has 3 aromatic carbocycles. The summed E-state index contributed by atoms with van der Waals surface area (Å²) in [5.74, 6) is 0.516. The second kappa shape index (κ2) is 13.1. The number of ether oxygens (including phenoxy) is 3. The van der Waals surface area contributed by atoms with Gasteiger partial charge in [-0.1, -0.05) is 49.2 Å². The third kappa shape index (κ3) is 7.97. The number of carbonyl (C=O) groups excluding carboxylic acids is 2. The summed E-state index contributed by atoms with van der Waals surface area (Å²) in [5.41, 5.74) is 5.32. The number of hydrogen-bond acceptors (Lipinski definition) is 6. The molecule has 3 aromatic rings. The van der Waals surface area contributed by atoms with Crippen LogP contribution >= 0.6 is 23.2 Å². The van der Waals surface area contributed by atoms with Crippen LogP contribution in [-0.4, -0.2) is 31.3 Å². The van der Waals surface area contributed by atoms with Crippen LogP contribution in [0.25, 0.3) is 0 Å². The van der Waals surface area contributed by atoms with Gasteiger partial charge in [0.15, 0.2) is 18.1 Å². The molecule has 0 atom stereocenters. The molecule has 0 aliphatic rings. The summed E-state index contributed by atoms with van der Waals surface area (Å²) in [6, 6.07) is 15.4. The lowest BCUT2D eigenvalue weighted by atomic mass is 10.0. The van der Waals surface area contributed by atoms with Crippen LogP contribution in [0.2, 0.25) is 10.0 Å². The second-order valence-electron chi connectivity index (χ2n) is 8.41. The Morgan fingerprint density at radius 2 is 1.76 bits per heavy atom. The van der Waals surface area contributed by atoms with Crippen molar-refractivity contribution in [3.8, 4) is 17.2 Å². The normalized spacial score (nSPS) is 11.0. The van der Waals surface area contributed by atoms with Gasteiger partial charge < -0.3 is 14.2 Å². The van der Waals surface area contributed by atoms with Crippen molar-refractivity contribution < 1.29 is 23.8 Å². The highest BCUT2D eigenvalue weighted by atomic mass is 35.5. The van der Waals surface area contributed by atoms with Crippen molar-refractivity contribution in [1.29, 1.82) is 0 Å². The van der Waals surface area contributed by atoms with Gasteiger partial charge in [0, 0.05) is 5.02 Å². The number of nitrogens with one attached hydrogen (secondary N) is 1. The summed E-state index contributed by atoms with van der Waals surface area (Å²) in [4.78, 5) is 24.8. The van der Waals surface area contributed by atoms with Crippen molar-refractivity contribution in [3.63, 3.8) is 0 Å². The molecule has 0 aliphatic carbocycles. The number of aryl methyl sites for hydroxylation is 1. The smallest absolute Gasteiger partial charge is 0.345 e. The van der Waals surface area contributed by atoms with E-state index in [2.05, 4.69) is 24.4 Å². The van der Waals surface area contributed by atoms with Gasteiger partial charge in [-0.15, -0.1) is 0 Å². The van der Waals surface area contributed by atoms with Crippen molar-refractivity contribution in [1.82, 2.24) is 5.43 Å². The van der Waals surface area contributed by atoms with Crippen LogP contribution in [0.15, 0.2) is 59.7 Å². The summed E-state index contributed by atoms with van der Waals surface area (Å²) in [7, 11) is 0. The van der Waals surface area contributed by atoms with Gasteiger partial charge in [0.25, 0.3) is 5.91 Å². The molecular formula is C28H28Cl2N2O5. The molecule has 0 bridgehead atoms. The first-order chi connectivity index (χ1) is 17.7. The Morgan fingerprint density at radius 3 is 2.46 bits per heavy atom. The predicted molar refractivity (Wildman–Crippen MR) is 146 cm³/mol. The highest BCUT2D eigenvalue weighted by Crippen LogP contribution is 2.30. The van der Waals surface area contributed by atoms with Gasteiger partial charge in [-0.2, -0.15) is 5.10 Å². The van der Waals surface area contributed by atoms with Crippen LogP contribution in [0.4, 0.5) is 0 Å². The molecule has 3 rings (SSSR count). The van der Waals surface area contributed by atoms with E-state index in [-0.39, 0.29) is 22.9 Å². The van der Waals surface area contributed by atoms with Crippen molar-refractivity contribution in [2.75, 3.05) is 13.2 Å². The zero-order valence-corrected chi connectivity index (χ0v) is 22.5. The Bertz CT molecular complexity index is 1310. The molecular weight excluding hydrogens is 515 g/mol. The molecule has 1 N–H and O–H groups in total. The van der Waals surface area contributed by atoms with Crippen LogP contribution in [0.5, 0.6) is 17.2 Å². The monoisotopic (exact) mass is 542 g/mol. The third-order valence-electron chi connectivity index (χ3n) is 5.26. The average Bonchev–Trinajstić information content (AvgIpc) is 2.85. The third-order valence-corrected chi connectivity index (χ3v) is 5.81. The van der Waals surface area contributed by atoms with Crippen LogP contribution in [-0.2, 0) is 4.79 Å². The highest BCUT2D eigenvalue weighted by molar-refractivity contribution is 6.36. The Kier molecular flexibility index (Phi) is 9.94. The molecule has 0 heterocycles. The maximum absolute atomic E-state index is 12.6. The van der Waals surface area contributed by atoms with E-state index in [1.807, 2.05) is 25.1 Å². The lowest BCUT2D eigenvalue weighted by Gasteiger charge is -2.12. The molecule has 0 spiro atoms.